The van der Waals surface area contributed by atoms with Crippen LogP contribution in [0, 0.1) is 11.7 Å². The van der Waals surface area contributed by atoms with Crippen molar-refractivity contribution in [2.24, 2.45) is 5.92 Å². The van der Waals surface area contributed by atoms with Gasteiger partial charge in [-0.05, 0) is 54.8 Å². The number of likely N-dealkylation sites (tertiary alicyclic amines) is 1. The quantitative estimate of drug-likeness (QED) is 0.605. The molecule has 0 N–H and O–H groups in total. The lowest BCUT2D eigenvalue weighted by Crippen LogP contribution is -2.44. The van der Waals surface area contributed by atoms with Crippen molar-refractivity contribution in [3.05, 3.63) is 102 Å². The molecule has 5 nitrogen and oxygen atoms in total. The summed E-state index contributed by atoms with van der Waals surface area (Å²) in [5.41, 5.74) is 2.20. The summed E-state index contributed by atoms with van der Waals surface area (Å²) in [4.78, 5) is 34.1. The van der Waals surface area contributed by atoms with E-state index in [9.17, 15) is 14.0 Å². The van der Waals surface area contributed by atoms with Crippen LogP contribution in [0.15, 0.2) is 79.0 Å². The first-order valence-electron chi connectivity index (χ1n) is 10.8. The van der Waals surface area contributed by atoms with E-state index in [0.717, 1.165) is 11.3 Å². The molecule has 1 saturated heterocycles. The SMILES string of the molecule is CN(C(=O)C1CCN(C(=O)c2ccccc2)CC1)C(c1ccc(F)cc1)c1ccccn1. The number of aromatic nitrogens is 1. The van der Waals surface area contributed by atoms with Crippen LogP contribution in [0.1, 0.15) is 40.5 Å². The Morgan fingerprint density at radius 3 is 2.25 bits per heavy atom. The van der Waals surface area contributed by atoms with Gasteiger partial charge in [-0.1, -0.05) is 36.4 Å². The summed E-state index contributed by atoms with van der Waals surface area (Å²) in [5.74, 6) is -0.483. The molecule has 1 aromatic heterocycles. The average Bonchev–Trinajstić information content (AvgIpc) is 2.85. The third kappa shape index (κ3) is 4.69. The van der Waals surface area contributed by atoms with E-state index in [1.54, 1.807) is 30.3 Å². The topological polar surface area (TPSA) is 53.5 Å². The Morgan fingerprint density at radius 2 is 1.62 bits per heavy atom. The number of halogens is 1. The van der Waals surface area contributed by atoms with Crippen molar-refractivity contribution in [1.29, 1.82) is 0 Å². The number of amides is 2. The molecule has 1 fully saturated rings. The van der Waals surface area contributed by atoms with Crippen LogP contribution in [0.4, 0.5) is 4.39 Å². The van der Waals surface area contributed by atoms with Gasteiger partial charge >= 0.3 is 0 Å². The maximum absolute atomic E-state index is 13.5. The second-order valence-corrected chi connectivity index (χ2v) is 8.09. The third-order valence-corrected chi connectivity index (χ3v) is 6.04. The van der Waals surface area contributed by atoms with E-state index in [1.807, 2.05) is 53.4 Å². The zero-order valence-electron chi connectivity index (χ0n) is 18.0. The third-order valence-electron chi connectivity index (χ3n) is 6.04. The molecule has 0 saturated carbocycles. The van der Waals surface area contributed by atoms with Gasteiger partial charge in [0.05, 0.1) is 11.7 Å². The Labute approximate surface area is 187 Å². The normalized spacial score (nSPS) is 15.2. The monoisotopic (exact) mass is 431 g/mol. The fourth-order valence-electron chi connectivity index (χ4n) is 4.28. The van der Waals surface area contributed by atoms with Crippen LogP contribution in [-0.4, -0.2) is 46.7 Å². The highest BCUT2D eigenvalue weighted by Gasteiger charge is 2.33. The van der Waals surface area contributed by atoms with Gasteiger partial charge < -0.3 is 9.80 Å². The van der Waals surface area contributed by atoms with E-state index >= 15 is 0 Å². The van der Waals surface area contributed by atoms with E-state index in [-0.39, 0.29) is 23.5 Å². The summed E-state index contributed by atoms with van der Waals surface area (Å²) in [6.07, 6.45) is 2.91. The van der Waals surface area contributed by atoms with Crippen LogP contribution in [0.25, 0.3) is 0 Å². The minimum atomic E-state index is -0.409. The minimum absolute atomic E-state index is 0.00234. The van der Waals surface area contributed by atoms with Gasteiger partial charge in [-0.15, -0.1) is 0 Å². The molecule has 164 valence electrons. The van der Waals surface area contributed by atoms with Crippen LogP contribution >= 0.6 is 0 Å². The zero-order chi connectivity index (χ0) is 22.5. The van der Waals surface area contributed by atoms with Crippen LogP contribution in [0.3, 0.4) is 0 Å². The molecule has 1 aliphatic rings. The first-order valence-corrected chi connectivity index (χ1v) is 10.8. The summed E-state index contributed by atoms with van der Waals surface area (Å²) in [6, 6.07) is 20.6. The Kier molecular flexibility index (Phi) is 6.59. The predicted molar refractivity (Wildman–Crippen MR) is 120 cm³/mol. The fraction of sp³-hybridized carbons (Fsp3) is 0.269. The highest BCUT2D eigenvalue weighted by atomic mass is 19.1. The van der Waals surface area contributed by atoms with Crippen molar-refractivity contribution in [3.8, 4) is 0 Å². The number of benzene rings is 2. The molecular weight excluding hydrogens is 405 g/mol. The number of nitrogens with zero attached hydrogens (tertiary/aromatic N) is 3. The second-order valence-electron chi connectivity index (χ2n) is 8.09. The molecule has 32 heavy (non-hydrogen) atoms. The molecule has 2 amide bonds. The average molecular weight is 432 g/mol. The highest BCUT2D eigenvalue weighted by molar-refractivity contribution is 5.94. The van der Waals surface area contributed by atoms with Crippen LogP contribution in [-0.2, 0) is 4.79 Å². The molecule has 1 atom stereocenters. The van der Waals surface area contributed by atoms with Crippen molar-refractivity contribution in [1.82, 2.24) is 14.8 Å². The summed E-state index contributed by atoms with van der Waals surface area (Å²) >= 11 is 0. The van der Waals surface area contributed by atoms with Crippen LogP contribution in [0.2, 0.25) is 0 Å². The van der Waals surface area contributed by atoms with Gasteiger partial charge in [0.25, 0.3) is 5.91 Å². The smallest absolute Gasteiger partial charge is 0.253 e. The lowest BCUT2D eigenvalue weighted by Gasteiger charge is -2.36. The minimum Gasteiger partial charge on any atom is -0.339 e. The zero-order valence-corrected chi connectivity index (χ0v) is 18.0. The predicted octanol–water partition coefficient (Wildman–Crippen LogP) is 4.32. The van der Waals surface area contributed by atoms with Crippen molar-refractivity contribution in [3.63, 3.8) is 0 Å². The number of rotatable bonds is 5. The molecule has 0 bridgehead atoms. The van der Waals surface area contributed by atoms with Crippen molar-refractivity contribution in [2.45, 2.75) is 18.9 Å². The first-order chi connectivity index (χ1) is 15.5. The Bertz CT molecular complexity index is 1050. The lowest BCUT2D eigenvalue weighted by atomic mass is 9.93. The van der Waals surface area contributed by atoms with Crippen molar-refractivity contribution >= 4 is 11.8 Å². The number of carbonyl (C=O) groups excluding carboxylic acids is 2. The maximum atomic E-state index is 13.5. The van der Waals surface area contributed by atoms with Gasteiger partial charge in [0.2, 0.25) is 5.91 Å². The van der Waals surface area contributed by atoms with E-state index in [4.69, 9.17) is 0 Å². The van der Waals surface area contributed by atoms with Gasteiger partial charge in [-0.25, -0.2) is 4.39 Å². The summed E-state index contributed by atoms with van der Waals surface area (Å²) in [6.45, 7) is 1.09. The van der Waals surface area contributed by atoms with Crippen molar-refractivity contribution < 1.29 is 14.0 Å². The molecule has 0 radical (unpaired) electrons. The lowest BCUT2D eigenvalue weighted by molar-refractivity contribution is -0.137. The highest BCUT2D eigenvalue weighted by Crippen LogP contribution is 2.30. The summed E-state index contributed by atoms with van der Waals surface area (Å²) in [7, 11) is 1.77. The fourth-order valence-corrected chi connectivity index (χ4v) is 4.28. The number of piperidine rings is 1. The Balaban J connectivity index is 1.48. The van der Waals surface area contributed by atoms with Gasteiger partial charge in [-0.3, -0.25) is 14.6 Å². The maximum Gasteiger partial charge on any atom is 0.253 e. The molecule has 0 spiro atoms. The van der Waals surface area contributed by atoms with E-state index in [0.29, 0.717) is 31.5 Å². The number of hydrogen-bond acceptors (Lipinski definition) is 3. The van der Waals surface area contributed by atoms with Crippen LogP contribution in [0.5, 0.6) is 0 Å². The summed E-state index contributed by atoms with van der Waals surface area (Å²) in [5, 5.41) is 0. The van der Waals surface area contributed by atoms with Crippen LogP contribution < -0.4 is 0 Å². The number of hydrogen-bond donors (Lipinski definition) is 0. The van der Waals surface area contributed by atoms with Gasteiger partial charge in [-0.2, -0.15) is 0 Å². The Morgan fingerprint density at radius 1 is 0.969 bits per heavy atom. The van der Waals surface area contributed by atoms with Crippen molar-refractivity contribution in [2.75, 3.05) is 20.1 Å². The molecule has 4 rings (SSSR count). The molecule has 2 aromatic carbocycles. The Hall–Kier alpha value is -3.54. The van der Waals surface area contributed by atoms with E-state index in [1.165, 1.54) is 12.1 Å². The molecule has 1 unspecified atom stereocenters. The largest absolute Gasteiger partial charge is 0.339 e. The first kappa shape index (κ1) is 21.7. The van der Waals surface area contributed by atoms with E-state index < -0.39 is 6.04 Å². The van der Waals surface area contributed by atoms with E-state index in [2.05, 4.69) is 4.98 Å². The number of pyridine rings is 1. The molecule has 3 aromatic rings. The second kappa shape index (κ2) is 9.73. The summed E-state index contributed by atoms with van der Waals surface area (Å²) < 4.78 is 13.5. The molecular formula is C26H26FN3O2. The van der Waals surface area contributed by atoms with Gasteiger partial charge in [0.1, 0.15) is 5.82 Å². The molecule has 0 aliphatic carbocycles. The molecule has 1 aliphatic heterocycles. The standard InChI is InChI=1S/C26H26FN3O2/c1-29(24(23-9-5-6-16-28-23)19-10-12-22(27)13-11-19)25(31)21-14-17-30(18-15-21)26(32)20-7-3-2-4-8-20/h2-13,16,21,24H,14-15,17-18H2,1H3. The number of carbonyl (C=O) groups is 2. The van der Waals surface area contributed by atoms with Gasteiger partial charge in [0, 0.05) is 37.8 Å². The van der Waals surface area contributed by atoms with Gasteiger partial charge in [0.15, 0.2) is 0 Å². The molecule has 6 heteroatoms. The molecule has 2 heterocycles.